The van der Waals surface area contributed by atoms with Crippen molar-refractivity contribution in [3.63, 3.8) is 0 Å². The van der Waals surface area contributed by atoms with E-state index < -0.39 is 0 Å². The van der Waals surface area contributed by atoms with Gasteiger partial charge in [0.1, 0.15) is 18.1 Å². The van der Waals surface area contributed by atoms with E-state index in [2.05, 4.69) is 10.3 Å². The van der Waals surface area contributed by atoms with Crippen LogP contribution in [0.15, 0.2) is 6.20 Å². The van der Waals surface area contributed by atoms with Crippen LogP contribution >= 0.6 is 11.3 Å². The van der Waals surface area contributed by atoms with Gasteiger partial charge in [0.15, 0.2) is 5.13 Å². The molecule has 0 aromatic carbocycles. The zero-order valence-electron chi connectivity index (χ0n) is 7.19. The van der Waals surface area contributed by atoms with Crippen molar-refractivity contribution >= 4 is 33.3 Å². The maximum atomic E-state index is 11.0. The Balaban J connectivity index is 2.18. The fourth-order valence-electron chi connectivity index (χ4n) is 1.20. The van der Waals surface area contributed by atoms with Crippen molar-refractivity contribution in [2.45, 2.75) is 0 Å². The molecule has 7 heteroatoms. The number of hydrogen-bond donors (Lipinski definition) is 2. The van der Waals surface area contributed by atoms with Crippen molar-refractivity contribution in [3.8, 4) is 0 Å². The molecular weight excluding hydrogens is 204 g/mol. The molecule has 0 saturated carbocycles. The van der Waals surface area contributed by atoms with Gasteiger partial charge in [0.25, 0.3) is 0 Å². The number of anilines is 2. The molecule has 0 atom stereocenters. The lowest BCUT2D eigenvalue weighted by atomic mass is 10.4. The number of piperazine rings is 1. The average molecular weight is 212 g/mol. The van der Waals surface area contributed by atoms with Crippen LogP contribution in [-0.2, 0) is 9.59 Å². The predicted octanol–water partition coefficient (Wildman–Crippen LogP) is -0.812. The molecule has 0 spiro atoms. The van der Waals surface area contributed by atoms with Crippen molar-refractivity contribution in [1.82, 2.24) is 10.3 Å². The summed E-state index contributed by atoms with van der Waals surface area (Å²) in [6, 6.07) is 0. The van der Waals surface area contributed by atoms with Crippen molar-refractivity contribution in [2.75, 3.05) is 23.7 Å². The number of nitrogens with two attached hydrogens (primary N) is 1. The minimum Gasteiger partial charge on any atom is -0.389 e. The summed E-state index contributed by atoms with van der Waals surface area (Å²) in [6.07, 6.45) is 1.51. The molecule has 0 bridgehead atoms. The Bertz CT molecular complexity index is 373. The first-order valence-corrected chi connectivity index (χ1v) is 4.76. The van der Waals surface area contributed by atoms with Crippen LogP contribution in [0.5, 0.6) is 0 Å². The summed E-state index contributed by atoms with van der Waals surface area (Å²) in [5.41, 5.74) is 5.50. The number of nitrogens with zero attached hydrogens (tertiary/aromatic N) is 2. The van der Waals surface area contributed by atoms with Gasteiger partial charge in [0.2, 0.25) is 11.8 Å². The van der Waals surface area contributed by atoms with Crippen LogP contribution < -0.4 is 16.0 Å². The van der Waals surface area contributed by atoms with Gasteiger partial charge in [-0.25, -0.2) is 4.98 Å². The van der Waals surface area contributed by atoms with E-state index in [4.69, 9.17) is 5.73 Å². The molecule has 2 amide bonds. The molecule has 1 aliphatic heterocycles. The molecular formula is C7H8N4O2S. The fraction of sp³-hybridized carbons (Fsp3) is 0.286. The first-order valence-electron chi connectivity index (χ1n) is 3.94. The molecule has 14 heavy (non-hydrogen) atoms. The third-order valence-electron chi connectivity index (χ3n) is 1.73. The molecule has 3 N–H and O–H groups in total. The van der Waals surface area contributed by atoms with Gasteiger partial charge in [-0.1, -0.05) is 11.3 Å². The lowest BCUT2D eigenvalue weighted by molar-refractivity contribution is -0.130. The van der Waals surface area contributed by atoms with Crippen LogP contribution in [0.2, 0.25) is 0 Å². The Morgan fingerprint density at radius 2 is 2.07 bits per heavy atom. The number of nitrogen functional groups attached to an aromatic ring is 1. The Labute approximate surface area is 83.7 Å². The van der Waals surface area contributed by atoms with E-state index in [1.165, 1.54) is 17.5 Å². The summed E-state index contributed by atoms with van der Waals surface area (Å²) in [5.74, 6) is -0.620. The molecule has 74 valence electrons. The summed E-state index contributed by atoms with van der Waals surface area (Å²) >= 11 is 1.26. The maximum absolute atomic E-state index is 11.0. The van der Waals surface area contributed by atoms with E-state index >= 15 is 0 Å². The molecule has 6 nitrogen and oxygen atoms in total. The van der Waals surface area contributed by atoms with E-state index in [9.17, 15) is 9.59 Å². The molecule has 1 saturated heterocycles. The van der Waals surface area contributed by atoms with E-state index in [0.29, 0.717) is 10.1 Å². The third kappa shape index (κ3) is 1.67. The number of aromatic nitrogens is 1. The van der Waals surface area contributed by atoms with E-state index in [1.54, 1.807) is 4.90 Å². The monoisotopic (exact) mass is 212 g/mol. The molecule has 0 unspecified atom stereocenters. The molecule has 2 rings (SSSR count). The largest absolute Gasteiger partial charge is 0.389 e. The summed E-state index contributed by atoms with van der Waals surface area (Å²) in [6.45, 7) is 0.303. The number of carbonyl (C=O) groups is 2. The standard InChI is InChI=1S/C7H8N4O2S/c8-4-1-9-7(14-4)11-2-5(12)10-6(13)3-11/h1H,2-3,8H2,(H,10,12,13). The third-order valence-corrected chi connectivity index (χ3v) is 2.62. The second kappa shape index (κ2) is 3.26. The molecule has 1 fully saturated rings. The lowest BCUT2D eigenvalue weighted by Gasteiger charge is -2.24. The number of carbonyl (C=O) groups excluding carboxylic acids is 2. The lowest BCUT2D eigenvalue weighted by Crippen LogP contribution is -2.51. The smallest absolute Gasteiger partial charge is 0.246 e. The number of nitrogens with one attached hydrogen (secondary N) is 1. The molecule has 1 aliphatic rings. The van der Waals surface area contributed by atoms with E-state index in [-0.39, 0.29) is 24.9 Å². The van der Waals surface area contributed by atoms with Gasteiger partial charge >= 0.3 is 0 Å². The second-order valence-corrected chi connectivity index (χ2v) is 3.91. The van der Waals surface area contributed by atoms with Crippen LogP contribution in [-0.4, -0.2) is 29.9 Å². The van der Waals surface area contributed by atoms with Crippen molar-refractivity contribution in [2.24, 2.45) is 0 Å². The van der Waals surface area contributed by atoms with Gasteiger partial charge in [0, 0.05) is 0 Å². The summed E-state index contributed by atoms with van der Waals surface area (Å²) in [7, 11) is 0. The Kier molecular flexibility index (Phi) is 2.08. The highest BCUT2D eigenvalue weighted by molar-refractivity contribution is 7.19. The molecule has 0 aliphatic carbocycles. The second-order valence-electron chi connectivity index (χ2n) is 2.87. The van der Waals surface area contributed by atoms with Gasteiger partial charge in [-0.15, -0.1) is 0 Å². The maximum Gasteiger partial charge on any atom is 0.246 e. The molecule has 0 radical (unpaired) electrons. The zero-order valence-corrected chi connectivity index (χ0v) is 8.00. The van der Waals surface area contributed by atoms with Crippen molar-refractivity contribution in [1.29, 1.82) is 0 Å². The minimum atomic E-state index is -0.310. The summed E-state index contributed by atoms with van der Waals surface area (Å²) in [5, 5.41) is 3.38. The minimum absolute atomic E-state index is 0.151. The predicted molar refractivity (Wildman–Crippen MR) is 51.9 cm³/mol. The van der Waals surface area contributed by atoms with Crippen LogP contribution in [0, 0.1) is 0 Å². The SMILES string of the molecule is Nc1cnc(N2CC(=O)NC(=O)C2)s1. The van der Waals surface area contributed by atoms with Crippen LogP contribution in [0.4, 0.5) is 10.1 Å². The van der Waals surface area contributed by atoms with Crippen molar-refractivity contribution < 1.29 is 9.59 Å². The van der Waals surface area contributed by atoms with Crippen LogP contribution in [0.1, 0.15) is 0 Å². The highest BCUT2D eigenvalue weighted by Crippen LogP contribution is 2.24. The zero-order chi connectivity index (χ0) is 10.1. The van der Waals surface area contributed by atoms with E-state index in [1.807, 2.05) is 0 Å². The summed E-state index contributed by atoms with van der Waals surface area (Å²) in [4.78, 5) is 27.7. The number of thiazole rings is 1. The molecule has 1 aromatic heterocycles. The average Bonchev–Trinajstić information content (AvgIpc) is 2.50. The number of rotatable bonds is 1. The fourth-order valence-corrected chi connectivity index (χ4v) is 1.88. The van der Waals surface area contributed by atoms with Gasteiger partial charge < -0.3 is 10.6 Å². The quantitative estimate of drug-likeness (QED) is 0.594. The highest BCUT2D eigenvalue weighted by atomic mass is 32.1. The Morgan fingerprint density at radius 3 is 2.57 bits per heavy atom. The number of hydrogen-bond acceptors (Lipinski definition) is 6. The summed E-state index contributed by atoms with van der Waals surface area (Å²) < 4.78 is 0. The van der Waals surface area contributed by atoms with Gasteiger partial charge in [-0.05, 0) is 0 Å². The number of imide groups is 1. The molecule has 1 aromatic rings. The van der Waals surface area contributed by atoms with E-state index in [0.717, 1.165) is 0 Å². The topological polar surface area (TPSA) is 88.3 Å². The van der Waals surface area contributed by atoms with Gasteiger partial charge in [0.05, 0.1) is 6.20 Å². The normalized spacial score (nSPS) is 17.0. The Hall–Kier alpha value is -1.63. The van der Waals surface area contributed by atoms with Crippen LogP contribution in [0.25, 0.3) is 0 Å². The first kappa shape index (κ1) is 8.95. The van der Waals surface area contributed by atoms with Crippen molar-refractivity contribution in [3.05, 3.63) is 6.20 Å². The first-order chi connectivity index (χ1) is 6.65. The highest BCUT2D eigenvalue weighted by Gasteiger charge is 2.24. The number of amides is 2. The van der Waals surface area contributed by atoms with Gasteiger partial charge in [-0.3, -0.25) is 14.9 Å². The molecule has 2 heterocycles. The Morgan fingerprint density at radius 1 is 1.43 bits per heavy atom. The van der Waals surface area contributed by atoms with Gasteiger partial charge in [-0.2, -0.15) is 0 Å². The van der Waals surface area contributed by atoms with Crippen LogP contribution in [0.3, 0.4) is 0 Å².